The summed E-state index contributed by atoms with van der Waals surface area (Å²) in [5.41, 5.74) is 7.52. The van der Waals surface area contributed by atoms with Crippen molar-refractivity contribution in [3.63, 3.8) is 0 Å². The number of aryl methyl sites for hydroxylation is 2. The van der Waals surface area contributed by atoms with Crippen molar-refractivity contribution in [2.45, 2.75) is 13.8 Å². The summed E-state index contributed by atoms with van der Waals surface area (Å²) in [7, 11) is 0. The summed E-state index contributed by atoms with van der Waals surface area (Å²) < 4.78 is 5.28. The molecule has 3 nitrogen and oxygen atoms in total. The standard InChI is InChI=1S/C21H17NO2/c1-13-6-7-15(10-14(13)2)17-4-3-5-18(21(17)23)16-8-9-20-19(11-16)22-12-24-20/h3-12,23H,1-2H3. The zero-order chi connectivity index (χ0) is 16.7. The number of para-hydroxylation sites is 1. The number of rotatable bonds is 2. The van der Waals surface area contributed by atoms with Crippen LogP contribution in [-0.4, -0.2) is 10.1 Å². The van der Waals surface area contributed by atoms with Gasteiger partial charge in [0.15, 0.2) is 12.0 Å². The monoisotopic (exact) mass is 315 g/mol. The Morgan fingerprint density at radius 3 is 2.29 bits per heavy atom. The van der Waals surface area contributed by atoms with Crippen molar-refractivity contribution in [1.29, 1.82) is 0 Å². The molecule has 0 amide bonds. The van der Waals surface area contributed by atoms with Crippen molar-refractivity contribution >= 4 is 11.1 Å². The first-order valence-corrected chi connectivity index (χ1v) is 7.87. The molecule has 1 N–H and O–H groups in total. The van der Waals surface area contributed by atoms with Crippen LogP contribution >= 0.6 is 0 Å². The van der Waals surface area contributed by atoms with Gasteiger partial charge in [0.1, 0.15) is 11.3 Å². The highest BCUT2D eigenvalue weighted by Crippen LogP contribution is 2.39. The maximum absolute atomic E-state index is 10.8. The minimum absolute atomic E-state index is 0.281. The molecule has 118 valence electrons. The Kier molecular flexibility index (Phi) is 3.35. The number of aromatic hydroxyl groups is 1. The first-order chi connectivity index (χ1) is 11.6. The average molecular weight is 315 g/mol. The predicted octanol–water partition coefficient (Wildman–Crippen LogP) is 5.48. The van der Waals surface area contributed by atoms with E-state index in [2.05, 4.69) is 31.0 Å². The van der Waals surface area contributed by atoms with E-state index >= 15 is 0 Å². The molecule has 0 fully saturated rings. The lowest BCUT2D eigenvalue weighted by molar-refractivity contribution is 0.479. The molecule has 0 aliphatic rings. The minimum Gasteiger partial charge on any atom is -0.507 e. The number of nitrogens with zero attached hydrogens (tertiary/aromatic N) is 1. The van der Waals surface area contributed by atoms with Crippen molar-refractivity contribution in [3.05, 3.63) is 72.1 Å². The Labute approximate surface area is 140 Å². The quantitative estimate of drug-likeness (QED) is 0.532. The van der Waals surface area contributed by atoms with Crippen LogP contribution in [-0.2, 0) is 0 Å². The van der Waals surface area contributed by atoms with E-state index < -0.39 is 0 Å². The summed E-state index contributed by atoms with van der Waals surface area (Å²) in [6, 6.07) is 17.8. The Hall–Kier alpha value is -3.07. The van der Waals surface area contributed by atoms with E-state index in [0.29, 0.717) is 0 Å². The number of benzene rings is 3. The minimum atomic E-state index is 0.281. The fourth-order valence-electron chi connectivity index (χ4n) is 2.94. The van der Waals surface area contributed by atoms with Crippen LogP contribution in [0.15, 0.2) is 65.4 Å². The molecule has 24 heavy (non-hydrogen) atoms. The van der Waals surface area contributed by atoms with Crippen LogP contribution in [0, 0.1) is 13.8 Å². The zero-order valence-corrected chi connectivity index (χ0v) is 13.6. The van der Waals surface area contributed by atoms with Crippen molar-refractivity contribution in [2.75, 3.05) is 0 Å². The van der Waals surface area contributed by atoms with Gasteiger partial charge >= 0.3 is 0 Å². The lowest BCUT2D eigenvalue weighted by Gasteiger charge is -2.11. The summed E-state index contributed by atoms with van der Waals surface area (Å²) in [6.07, 6.45) is 1.43. The number of fused-ring (bicyclic) bond motifs is 1. The summed E-state index contributed by atoms with van der Waals surface area (Å²) >= 11 is 0. The third-order valence-electron chi connectivity index (χ3n) is 4.50. The lowest BCUT2D eigenvalue weighted by atomic mass is 9.95. The van der Waals surface area contributed by atoms with Crippen LogP contribution in [0.1, 0.15) is 11.1 Å². The second-order valence-electron chi connectivity index (χ2n) is 6.04. The number of oxazole rings is 1. The SMILES string of the molecule is Cc1ccc(-c2cccc(-c3ccc4ocnc4c3)c2O)cc1C. The van der Waals surface area contributed by atoms with Gasteiger partial charge in [-0.3, -0.25) is 0 Å². The molecule has 0 aliphatic carbocycles. The number of aromatic nitrogens is 1. The van der Waals surface area contributed by atoms with Gasteiger partial charge in [0.05, 0.1) is 0 Å². The van der Waals surface area contributed by atoms with Gasteiger partial charge in [-0.05, 0) is 48.2 Å². The molecule has 0 saturated heterocycles. The van der Waals surface area contributed by atoms with E-state index in [1.807, 2.05) is 42.5 Å². The van der Waals surface area contributed by atoms with Crippen LogP contribution in [0.2, 0.25) is 0 Å². The number of phenols is 1. The third-order valence-corrected chi connectivity index (χ3v) is 4.50. The second kappa shape index (κ2) is 5.53. The molecule has 0 atom stereocenters. The topological polar surface area (TPSA) is 46.3 Å². The molecule has 0 saturated carbocycles. The molecule has 0 radical (unpaired) electrons. The Morgan fingerprint density at radius 2 is 1.54 bits per heavy atom. The highest BCUT2D eigenvalue weighted by Gasteiger charge is 2.12. The van der Waals surface area contributed by atoms with Gasteiger partial charge in [-0.2, -0.15) is 0 Å². The molecular weight excluding hydrogens is 298 g/mol. The summed E-state index contributed by atoms with van der Waals surface area (Å²) in [5, 5.41) is 10.8. The highest BCUT2D eigenvalue weighted by molar-refractivity contribution is 5.86. The maximum Gasteiger partial charge on any atom is 0.181 e. The van der Waals surface area contributed by atoms with E-state index in [-0.39, 0.29) is 5.75 Å². The average Bonchev–Trinajstić information content (AvgIpc) is 3.05. The molecule has 0 spiro atoms. The molecule has 0 bridgehead atoms. The van der Waals surface area contributed by atoms with Crippen molar-refractivity contribution < 1.29 is 9.52 Å². The van der Waals surface area contributed by atoms with Gasteiger partial charge in [-0.25, -0.2) is 4.98 Å². The fraction of sp³-hybridized carbons (Fsp3) is 0.0952. The first-order valence-electron chi connectivity index (χ1n) is 7.87. The summed E-state index contributed by atoms with van der Waals surface area (Å²) in [4.78, 5) is 4.19. The van der Waals surface area contributed by atoms with Crippen molar-refractivity contribution in [3.8, 4) is 28.0 Å². The van der Waals surface area contributed by atoms with Gasteiger partial charge in [-0.15, -0.1) is 0 Å². The molecule has 3 aromatic carbocycles. The Balaban J connectivity index is 1.87. The molecule has 0 unspecified atom stereocenters. The normalized spacial score (nSPS) is 11.1. The van der Waals surface area contributed by atoms with Crippen LogP contribution in [0.4, 0.5) is 0 Å². The van der Waals surface area contributed by atoms with Crippen LogP contribution in [0.25, 0.3) is 33.4 Å². The summed E-state index contributed by atoms with van der Waals surface area (Å²) in [5.74, 6) is 0.281. The van der Waals surface area contributed by atoms with E-state index in [1.54, 1.807) is 0 Å². The van der Waals surface area contributed by atoms with E-state index in [9.17, 15) is 5.11 Å². The number of hydrogen-bond acceptors (Lipinski definition) is 3. The van der Waals surface area contributed by atoms with Gasteiger partial charge in [0, 0.05) is 11.1 Å². The van der Waals surface area contributed by atoms with Gasteiger partial charge in [-0.1, -0.05) is 42.5 Å². The molecule has 3 heteroatoms. The predicted molar refractivity (Wildman–Crippen MR) is 96.0 cm³/mol. The fourth-order valence-corrected chi connectivity index (χ4v) is 2.94. The molecule has 1 aromatic heterocycles. The molecule has 1 heterocycles. The Bertz CT molecular complexity index is 1050. The number of hydrogen-bond donors (Lipinski definition) is 1. The molecular formula is C21H17NO2. The van der Waals surface area contributed by atoms with Crippen LogP contribution in [0.5, 0.6) is 5.75 Å². The summed E-state index contributed by atoms with van der Waals surface area (Å²) in [6.45, 7) is 4.17. The van der Waals surface area contributed by atoms with Crippen molar-refractivity contribution in [1.82, 2.24) is 4.98 Å². The smallest absolute Gasteiger partial charge is 0.181 e. The second-order valence-corrected chi connectivity index (χ2v) is 6.04. The molecule has 4 rings (SSSR count). The Morgan fingerprint density at radius 1 is 0.833 bits per heavy atom. The lowest BCUT2D eigenvalue weighted by Crippen LogP contribution is -1.87. The maximum atomic E-state index is 10.8. The van der Waals surface area contributed by atoms with E-state index in [0.717, 1.165) is 33.4 Å². The molecule has 4 aromatic rings. The molecule has 0 aliphatic heterocycles. The zero-order valence-electron chi connectivity index (χ0n) is 13.6. The number of phenolic OH excluding ortho intramolecular Hbond substituents is 1. The van der Waals surface area contributed by atoms with Crippen LogP contribution in [0.3, 0.4) is 0 Å². The van der Waals surface area contributed by atoms with Gasteiger partial charge in [0.25, 0.3) is 0 Å². The van der Waals surface area contributed by atoms with E-state index in [4.69, 9.17) is 4.42 Å². The third kappa shape index (κ3) is 2.35. The van der Waals surface area contributed by atoms with Gasteiger partial charge < -0.3 is 9.52 Å². The highest BCUT2D eigenvalue weighted by atomic mass is 16.3. The van der Waals surface area contributed by atoms with Gasteiger partial charge in [0.2, 0.25) is 0 Å². The van der Waals surface area contributed by atoms with Crippen molar-refractivity contribution in [2.24, 2.45) is 0 Å². The largest absolute Gasteiger partial charge is 0.507 e. The van der Waals surface area contributed by atoms with E-state index in [1.165, 1.54) is 17.5 Å². The van der Waals surface area contributed by atoms with Crippen LogP contribution < -0.4 is 0 Å². The first kappa shape index (κ1) is 14.5.